The lowest BCUT2D eigenvalue weighted by Crippen LogP contribution is -2.09. The van der Waals surface area contributed by atoms with Crippen molar-refractivity contribution >= 4 is 69.9 Å². The van der Waals surface area contributed by atoms with Crippen LogP contribution in [0.1, 0.15) is 9.67 Å². The van der Waals surface area contributed by atoms with Crippen LogP contribution in [0.2, 0.25) is 0 Å². The maximum absolute atomic E-state index is 12.5. The molecule has 0 saturated heterocycles. The Balaban J connectivity index is 1.57. The molecule has 0 atom stereocenters. The second-order valence-electron chi connectivity index (χ2n) is 5.48. The maximum Gasteiger partial charge on any atom is 0.267 e. The zero-order chi connectivity index (χ0) is 17.6. The number of amides is 1. The molecule has 4 aromatic rings. The Bertz CT molecular complexity index is 1050. The van der Waals surface area contributed by atoms with Gasteiger partial charge >= 0.3 is 0 Å². The zero-order valence-corrected chi connectivity index (χ0v) is 16.1. The first-order valence-electron chi connectivity index (χ1n) is 7.37. The molecule has 0 unspecified atom stereocenters. The van der Waals surface area contributed by atoms with Gasteiger partial charge in [0.05, 0.1) is 26.9 Å². The Hall–Kier alpha value is -2.23. The van der Waals surface area contributed by atoms with E-state index in [2.05, 4.69) is 15.3 Å². The lowest BCUT2D eigenvalue weighted by Gasteiger charge is -2.04. The summed E-state index contributed by atoms with van der Waals surface area (Å²) in [6.07, 6.45) is 0. The van der Waals surface area contributed by atoms with Crippen LogP contribution in [0, 0.1) is 0 Å². The number of thiophene rings is 1. The summed E-state index contributed by atoms with van der Waals surface area (Å²) >= 11 is 4.40. The molecule has 25 heavy (non-hydrogen) atoms. The number of methoxy groups -OCH3 is 1. The van der Waals surface area contributed by atoms with Crippen LogP contribution in [-0.2, 0) is 0 Å². The number of benzene rings is 1. The van der Waals surface area contributed by atoms with E-state index >= 15 is 0 Å². The van der Waals surface area contributed by atoms with E-state index in [9.17, 15) is 4.79 Å². The number of nitrogens with zero attached hydrogens (tertiary/aromatic N) is 3. The fraction of sp³-hybridized carbons (Fsp3) is 0.188. The number of aromatic nitrogens is 2. The van der Waals surface area contributed by atoms with Crippen LogP contribution in [0.5, 0.6) is 5.75 Å². The summed E-state index contributed by atoms with van der Waals surface area (Å²) in [6, 6.07) is 7.54. The van der Waals surface area contributed by atoms with E-state index in [1.165, 1.54) is 22.7 Å². The molecule has 0 aliphatic carbocycles. The minimum Gasteiger partial charge on any atom is -0.497 e. The summed E-state index contributed by atoms with van der Waals surface area (Å²) in [5.74, 6) is 0.614. The maximum atomic E-state index is 12.5. The smallest absolute Gasteiger partial charge is 0.267 e. The number of fused-ring (bicyclic) bond motifs is 2. The van der Waals surface area contributed by atoms with E-state index in [0.29, 0.717) is 10.0 Å². The molecular weight excluding hydrogens is 376 g/mol. The fourth-order valence-electron chi connectivity index (χ4n) is 2.27. The van der Waals surface area contributed by atoms with Crippen molar-refractivity contribution in [1.29, 1.82) is 0 Å². The molecule has 0 saturated carbocycles. The molecule has 6 nitrogen and oxygen atoms in total. The molecule has 128 valence electrons. The third-order valence-electron chi connectivity index (χ3n) is 3.50. The van der Waals surface area contributed by atoms with E-state index in [0.717, 1.165) is 30.6 Å². The number of rotatable bonds is 4. The predicted octanol–water partition coefficient (Wildman–Crippen LogP) is 4.29. The molecule has 1 aromatic carbocycles. The lowest BCUT2D eigenvalue weighted by molar-refractivity contribution is 0.103. The normalized spacial score (nSPS) is 11.2. The van der Waals surface area contributed by atoms with E-state index in [-0.39, 0.29) is 5.91 Å². The van der Waals surface area contributed by atoms with Crippen molar-refractivity contribution in [3.05, 3.63) is 29.1 Å². The van der Waals surface area contributed by atoms with E-state index < -0.39 is 0 Å². The molecule has 0 radical (unpaired) electrons. The minimum atomic E-state index is -0.160. The van der Waals surface area contributed by atoms with E-state index in [1.807, 2.05) is 43.3 Å². The number of ether oxygens (including phenoxy) is 1. The average Bonchev–Trinajstić information content (AvgIpc) is 3.25. The molecule has 4 rings (SSSR count). The van der Waals surface area contributed by atoms with Crippen molar-refractivity contribution in [2.75, 3.05) is 31.4 Å². The van der Waals surface area contributed by atoms with Gasteiger partial charge in [-0.15, -0.1) is 11.3 Å². The van der Waals surface area contributed by atoms with Crippen LogP contribution < -0.4 is 15.0 Å². The highest BCUT2D eigenvalue weighted by Gasteiger charge is 2.16. The van der Waals surface area contributed by atoms with Gasteiger partial charge in [-0.3, -0.25) is 10.1 Å². The summed E-state index contributed by atoms with van der Waals surface area (Å²) in [6.45, 7) is 0. The van der Waals surface area contributed by atoms with Gasteiger partial charge in [-0.25, -0.2) is 9.97 Å². The van der Waals surface area contributed by atoms with Crippen molar-refractivity contribution in [2.45, 2.75) is 0 Å². The van der Waals surface area contributed by atoms with E-state index in [4.69, 9.17) is 4.74 Å². The topological polar surface area (TPSA) is 67.3 Å². The number of nitrogens with one attached hydrogen (secondary N) is 1. The van der Waals surface area contributed by atoms with Crippen molar-refractivity contribution in [1.82, 2.24) is 9.97 Å². The Morgan fingerprint density at radius 1 is 1.12 bits per heavy atom. The number of hydrogen-bond donors (Lipinski definition) is 1. The molecule has 0 spiro atoms. The Kier molecular flexibility index (Phi) is 4.06. The SMILES string of the molecule is COc1ccc2nc(NC(=O)c3cc4sc(N(C)C)nc4s3)sc2c1. The fourth-order valence-corrected chi connectivity index (χ4v) is 5.19. The summed E-state index contributed by atoms with van der Waals surface area (Å²) in [7, 11) is 5.54. The summed E-state index contributed by atoms with van der Waals surface area (Å²) < 4.78 is 7.21. The first-order valence-corrected chi connectivity index (χ1v) is 9.82. The molecule has 3 aromatic heterocycles. The lowest BCUT2D eigenvalue weighted by atomic mass is 10.3. The molecule has 3 heterocycles. The highest BCUT2D eigenvalue weighted by molar-refractivity contribution is 7.29. The average molecular weight is 391 g/mol. The van der Waals surface area contributed by atoms with Crippen LogP contribution in [0.4, 0.5) is 10.3 Å². The van der Waals surface area contributed by atoms with Gasteiger partial charge in [-0.05, 0) is 24.3 Å². The van der Waals surface area contributed by atoms with Crippen molar-refractivity contribution < 1.29 is 9.53 Å². The number of anilines is 2. The molecular formula is C16H14N4O2S3. The van der Waals surface area contributed by atoms with Crippen LogP contribution in [0.25, 0.3) is 19.7 Å². The molecule has 0 aliphatic heterocycles. The van der Waals surface area contributed by atoms with E-state index in [1.54, 1.807) is 18.4 Å². The minimum absolute atomic E-state index is 0.160. The van der Waals surface area contributed by atoms with Gasteiger partial charge in [-0.1, -0.05) is 22.7 Å². The molecule has 0 fully saturated rings. The number of hydrogen-bond acceptors (Lipinski definition) is 8. The second-order valence-corrected chi connectivity index (χ2v) is 8.55. The predicted molar refractivity (Wildman–Crippen MR) is 106 cm³/mol. The van der Waals surface area contributed by atoms with Gasteiger partial charge in [0.2, 0.25) is 0 Å². The molecule has 1 amide bonds. The van der Waals surface area contributed by atoms with Crippen LogP contribution in [-0.4, -0.2) is 37.1 Å². The quantitative estimate of drug-likeness (QED) is 0.563. The number of carbonyl (C=O) groups excluding carboxylic acids is 1. The van der Waals surface area contributed by atoms with Crippen LogP contribution in [0.15, 0.2) is 24.3 Å². The van der Waals surface area contributed by atoms with Crippen molar-refractivity contribution in [3.63, 3.8) is 0 Å². The standard InChI is InChI=1S/C16H14N4O2S3/c1-20(2)16-19-14-12(25-16)7-11(23-14)13(21)18-15-17-9-5-4-8(22-3)6-10(9)24-15/h4-7H,1-3H3,(H,17,18,21). The Morgan fingerprint density at radius 2 is 1.96 bits per heavy atom. The highest BCUT2D eigenvalue weighted by atomic mass is 32.1. The molecule has 0 bridgehead atoms. The van der Waals surface area contributed by atoms with Gasteiger partial charge in [0.15, 0.2) is 10.3 Å². The van der Waals surface area contributed by atoms with Gasteiger partial charge in [-0.2, -0.15) is 0 Å². The van der Waals surface area contributed by atoms with Crippen LogP contribution >= 0.6 is 34.0 Å². The highest BCUT2D eigenvalue weighted by Crippen LogP contribution is 2.35. The van der Waals surface area contributed by atoms with Gasteiger partial charge in [0.25, 0.3) is 5.91 Å². The number of thiazole rings is 2. The number of carbonyl (C=O) groups is 1. The largest absolute Gasteiger partial charge is 0.497 e. The first-order chi connectivity index (χ1) is 12.0. The van der Waals surface area contributed by atoms with Crippen molar-refractivity contribution in [2.24, 2.45) is 0 Å². The van der Waals surface area contributed by atoms with Crippen LogP contribution in [0.3, 0.4) is 0 Å². The first kappa shape index (κ1) is 16.2. The monoisotopic (exact) mass is 390 g/mol. The Labute approximate surface area is 155 Å². The summed E-state index contributed by atoms with van der Waals surface area (Å²) in [5.41, 5.74) is 0.838. The second kappa shape index (κ2) is 6.25. The molecule has 9 heteroatoms. The van der Waals surface area contributed by atoms with Gasteiger partial charge in [0.1, 0.15) is 10.6 Å². The summed E-state index contributed by atoms with van der Waals surface area (Å²) in [4.78, 5) is 25.0. The Morgan fingerprint density at radius 3 is 2.68 bits per heavy atom. The van der Waals surface area contributed by atoms with Crippen molar-refractivity contribution in [3.8, 4) is 5.75 Å². The summed E-state index contributed by atoms with van der Waals surface area (Å²) in [5, 5.41) is 4.39. The third-order valence-corrected chi connectivity index (χ3v) is 6.76. The third kappa shape index (κ3) is 3.06. The molecule has 1 N–H and O–H groups in total. The zero-order valence-electron chi connectivity index (χ0n) is 13.7. The van der Waals surface area contributed by atoms with Gasteiger partial charge in [0, 0.05) is 14.1 Å². The molecule has 0 aliphatic rings. The van der Waals surface area contributed by atoms with Gasteiger partial charge < -0.3 is 9.64 Å².